The summed E-state index contributed by atoms with van der Waals surface area (Å²) in [6.45, 7) is -0.269. The average Bonchev–Trinajstić information content (AvgIpc) is 2.87. The molecular formula is C26H25N3O6. The summed E-state index contributed by atoms with van der Waals surface area (Å²) < 4.78 is 22.0. The van der Waals surface area contributed by atoms with Crippen LogP contribution >= 0.6 is 0 Å². The van der Waals surface area contributed by atoms with Crippen LogP contribution in [0.25, 0.3) is 0 Å². The minimum Gasteiger partial charge on any atom is -0.495 e. The number of nitriles is 1. The lowest BCUT2D eigenvalue weighted by Gasteiger charge is -2.31. The molecule has 0 aromatic heterocycles. The fraction of sp³-hybridized carbons (Fsp3) is 0.269. The molecule has 1 aliphatic carbocycles. The van der Waals surface area contributed by atoms with Crippen molar-refractivity contribution in [1.82, 2.24) is 0 Å². The molecule has 0 saturated heterocycles. The van der Waals surface area contributed by atoms with Gasteiger partial charge in [0.25, 0.3) is 5.91 Å². The zero-order valence-corrected chi connectivity index (χ0v) is 19.4. The van der Waals surface area contributed by atoms with E-state index in [9.17, 15) is 14.9 Å². The summed E-state index contributed by atoms with van der Waals surface area (Å²) in [5.41, 5.74) is 7.81. The van der Waals surface area contributed by atoms with Crippen molar-refractivity contribution in [3.05, 3.63) is 70.8 Å². The fourth-order valence-corrected chi connectivity index (χ4v) is 4.25. The van der Waals surface area contributed by atoms with Crippen LogP contribution in [0.3, 0.4) is 0 Å². The Hall–Kier alpha value is -4.45. The Labute approximate surface area is 202 Å². The lowest BCUT2D eigenvalue weighted by Crippen LogP contribution is -2.27. The van der Waals surface area contributed by atoms with Gasteiger partial charge in [0.15, 0.2) is 23.9 Å². The molecule has 4 rings (SSSR count). The van der Waals surface area contributed by atoms with E-state index in [4.69, 9.17) is 24.7 Å². The largest absolute Gasteiger partial charge is 0.495 e. The van der Waals surface area contributed by atoms with Crippen molar-refractivity contribution in [1.29, 1.82) is 5.26 Å². The molecule has 9 heteroatoms. The van der Waals surface area contributed by atoms with Crippen LogP contribution < -0.4 is 25.3 Å². The molecule has 2 aromatic rings. The number of para-hydroxylation sites is 2. The topological polar surface area (TPSA) is 133 Å². The molecule has 0 spiro atoms. The Morgan fingerprint density at radius 3 is 2.66 bits per heavy atom. The predicted molar refractivity (Wildman–Crippen MR) is 127 cm³/mol. The second kappa shape index (κ2) is 10.2. The summed E-state index contributed by atoms with van der Waals surface area (Å²) in [4.78, 5) is 25.2. The SMILES string of the molecule is COc1ccccc1NC(=O)COc1ccc([C@@H]2C(C#N)=C(N)OC3=C2C(=O)CCC3)cc1OC. The fourth-order valence-electron chi connectivity index (χ4n) is 4.25. The van der Waals surface area contributed by atoms with Gasteiger partial charge in [-0.1, -0.05) is 18.2 Å². The molecule has 0 bridgehead atoms. The number of allylic oxidation sites excluding steroid dienone is 3. The van der Waals surface area contributed by atoms with E-state index in [2.05, 4.69) is 11.4 Å². The van der Waals surface area contributed by atoms with Gasteiger partial charge in [-0.15, -0.1) is 0 Å². The number of amides is 1. The van der Waals surface area contributed by atoms with Crippen LogP contribution in [0.1, 0.15) is 30.7 Å². The Kier molecular flexibility index (Phi) is 6.92. The van der Waals surface area contributed by atoms with Crippen LogP contribution in [0, 0.1) is 11.3 Å². The predicted octanol–water partition coefficient (Wildman–Crippen LogP) is 3.54. The third-order valence-electron chi connectivity index (χ3n) is 5.87. The maximum atomic E-state index is 12.8. The third-order valence-corrected chi connectivity index (χ3v) is 5.87. The smallest absolute Gasteiger partial charge is 0.262 e. The van der Waals surface area contributed by atoms with E-state index in [0.717, 1.165) is 0 Å². The summed E-state index contributed by atoms with van der Waals surface area (Å²) in [5, 5.41) is 12.5. The number of anilines is 1. The van der Waals surface area contributed by atoms with Crippen LogP contribution in [-0.4, -0.2) is 32.5 Å². The number of ketones is 1. The summed E-state index contributed by atoms with van der Waals surface area (Å²) in [7, 11) is 2.99. The van der Waals surface area contributed by atoms with Crippen molar-refractivity contribution in [2.24, 2.45) is 5.73 Å². The molecule has 1 aliphatic heterocycles. The van der Waals surface area contributed by atoms with Gasteiger partial charge in [-0.25, -0.2) is 0 Å². The third kappa shape index (κ3) is 4.77. The number of nitrogens with zero attached hydrogens (tertiary/aromatic N) is 1. The van der Waals surface area contributed by atoms with Crippen LogP contribution in [0.2, 0.25) is 0 Å². The molecule has 2 aliphatic rings. The normalized spacial score (nSPS) is 17.2. The molecule has 35 heavy (non-hydrogen) atoms. The molecule has 0 unspecified atom stereocenters. The zero-order chi connectivity index (χ0) is 24.9. The van der Waals surface area contributed by atoms with Crippen LogP contribution in [0.15, 0.2) is 65.3 Å². The highest BCUT2D eigenvalue weighted by atomic mass is 16.5. The standard InChI is InChI=1S/C26H25N3O6/c1-32-19-8-4-3-6-17(19)29-23(31)14-34-20-11-10-15(12-22(20)33-2)24-16(13-27)26(28)35-21-9-5-7-18(30)25(21)24/h3-4,6,8,10-12,24H,5,7,9,14,28H2,1-2H3,(H,29,31)/t24-/m1/s1. The van der Waals surface area contributed by atoms with Gasteiger partial charge in [0.1, 0.15) is 23.2 Å². The van der Waals surface area contributed by atoms with Crippen molar-refractivity contribution in [3.8, 4) is 23.3 Å². The van der Waals surface area contributed by atoms with Crippen molar-refractivity contribution in [2.75, 3.05) is 26.1 Å². The van der Waals surface area contributed by atoms with Crippen molar-refractivity contribution in [3.63, 3.8) is 0 Å². The van der Waals surface area contributed by atoms with E-state index in [1.54, 1.807) is 42.5 Å². The van der Waals surface area contributed by atoms with E-state index < -0.39 is 5.92 Å². The first kappa shape index (κ1) is 23.7. The molecule has 1 amide bonds. The molecule has 2 aromatic carbocycles. The summed E-state index contributed by atoms with van der Waals surface area (Å²) in [6, 6.07) is 14.2. The number of Topliss-reactive ketones (excluding diaryl/α,β-unsaturated/α-hetero) is 1. The monoisotopic (exact) mass is 475 g/mol. The minimum atomic E-state index is -0.659. The summed E-state index contributed by atoms with van der Waals surface area (Å²) in [6.07, 6.45) is 1.64. The number of nitrogens with two attached hydrogens (primary N) is 1. The van der Waals surface area contributed by atoms with Gasteiger partial charge in [0, 0.05) is 18.4 Å². The average molecular weight is 476 g/mol. The number of nitrogens with one attached hydrogen (secondary N) is 1. The number of hydrogen-bond acceptors (Lipinski definition) is 8. The second-order valence-electron chi connectivity index (χ2n) is 7.99. The summed E-state index contributed by atoms with van der Waals surface area (Å²) in [5.74, 6) is 0.616. The Bertz CT molecular complexity index is 1270. The molecule has 1 heterocycles. The number of benzene rings is 2. The van der Waals surface area contributed by atoms with E-state index in [-0.39, 0.29) is 29.8 Å². The number of methoxy groups -OCH3 is 2. The Morgan fingerprint density at radius 1 is 1.14 bits per heavy atom. The molecule has 0 radical (unpaired) electrons. The van der Waals surface area contributed by atoms with Gasteiger partial charge in [0.05, 0.1) is 25.8 Å². The molecule has 0 saturated carbocycles. The van der Waals surface area contributed by atoms with Crippen molar-refractivity contribution in [2.45, 2.75) is 25.2 Å². The maximum Gasteiger partial charge on any atom is 0.262 e. The number of rotatable bonds is 7. The lowest BCUT2D eigenvalue weighted by atomic mass is 9.77. The van der Waals surface area contributed by atoms with Crippen LogP contribution in [-0.2, 0) is 14.3 Å². The Morgan fingerprint density at radius 2 is 1.91 bits per heavy atom. The van der Waals surface area contributed by atoms with E-state index >= 15 is 0 Å². The van der Waals surface area contributed by atoms with Gasteiger partial charge in [-0.2, -0.15) is 5.26 Å². The van der Waals surface area contributed by atoms with E-state index in [1.807, 2.05) is 0 Å². The van der Waals surface area contributed by atoms with Crippen molar-refractivity contribution < 1.29 is 28.5 Å². The van der Waals surface area contributed by atoms with E-state index in [0.29, 0.717) is 59.1 Å². The molecule has 1 atom stereocenters. The van der Waals surface area contributed by atoms with Crippen LogP contribution in [0.4, 0.5) is 5.69 Å². The minimum absolute atomic E-state index is 0.00162. The number of carbonyl (C=O) groups is 2. The van der Waals surface area contributed by atoms with Gasteiger partial charge in [0.2, 0.25) is 5.88 Å². The highest BCUT2D eigenvalue weighted by molar-refractivity contribution is 5.99. The molecule has 9 nitrogen and oxygen atoms in total. The van der Waals surface area contributed by atoms with Gasteiger partial charge in [-0.05, 0) is 36.2 Å². The molecule has 180 valence electrons. The van der Waals surface area contributed by atoms with Gasteiger partial charge >= 0.3 is 0 Å². The number of hydrogen-bond donors (Lipinski definition) is 2. The van der Waals surface area contributed by atoms with E-state index in [1.165, 1.54) is 14.2 Å². The highest BCUT2D eigenvalue weighted by Gasteiger charge is 2.38. The first-order chi connectivity index (χ1) is 17.0. The second-order valence-corrected chi connectivity index (χ2v) is 7.99. The molecule has 3 N–H and O–H groups in total. The quantitative estimate of drug-likeness (QED) is 0.621. The van der Waals surface area contributed by atoms with Gasteiger partial charge in [-0.3, -0.25) is 9.59 Å². The number of carbonyl (C=O) groups excluding carboxylic acids is 2. The zero-order valence-electron chi connectivity index (χ0n) is 19.4. The maximum absolute atomic E-state index is 12.8. The molecule has 0 fully saturated rings. The highest BCUT2D eigenvalue weighted by Crippen LogP contribution is 2.45. The van der Waals surface area contributed by atoms with Crippen LogP contribution in [0.5, 0.6) is 17.2 Å². The first-order valence-corrected chi connectivity index (χ1v) is 11.0. The van der Waals surface area contributed by atoms with Crippen molar-refractivity contribution >= 4 is 17.4 Å². The molecular weight excluding hydrogens is 450 g/mol. The summed E-state index contributed by atoms with van der Waals surface area (Å²) >= 11 is 0. The lowest BCUT2D eigenvalue weighted by molar-refractivity contribution is -0.118. The number of ether oxygens (including phenoxy) is 4. The first-order valence-electron chi connectivity index (χ1n) is 11.0. The van der Waals surface area contributed by atoms with Gasteiger partial charge < -0.3 is 30.0 Å². The Balaban J connectivity index is 1.56.